The molecule has 2 aromatic rings. The molecule has 1 heterocycles. The van der Waals surface area contributed by atoms with Crippen LogP contribution in [-0.2, 0) is 0 Å². The predicted octanol–water partition coefficient (Wildman–Crippen LogP) is 2.59. The highest BCUT2D eigenvalue weighted by Crippen LogP contribution is 2.26. The van der Waals surface area contributed by atoms with Gasteiger partial charge in [0.05, 0.1) is 23.7 Å². The van der Waals surface area contributed by atoms with Crippen LogP contribution in [0.4, 0.5) is 0 Å². The quantitative estimate of drug-likeness (QED) is 0.897. The molecule has 4 nitrogen and oxygen atoms in total. The van der Waals surface area contributed by atoms with Gasteiger partial charge in [-0.15, -0.1) is 5.10 Å². The van der Waals surface area contributed by atoms with E-state index < -0.39 is 0 Å². The van der Waals surface area contributed by atoms with E-state index in [4.69, 9.17) is 0 Å². The van der Waals surface area contributed by atoms with Crippen molar-refractivity contribution in [1.82, 2.24) is 15.0 Å². The third kappa shape index (κ3) is 2.58. The van der Waals surface area contributed by atoms with E-state index in [0.717, 1.165) is 42.6 Å². The maximum Gasteiger partial charge on any atom is 0.0901 e. The molecule has 1 aromatic heterocycles. The van der Waals surface area contributed by atoms with Crippen LogP contribution in [0.5, 0.6) is 0 Å². The summed E-state index contributed by atoms with van der Waals surface area (Å²) in [7, 11) is 0. The molecule has 0 saturated heterocycles. The van der Waals surface area contributed by atoms with Crippen LogP contribution in [0.25, 0.3) is 11.3 Å². The first-order chi connectivity index (χ1) is 9.34. The zero-order valence-electron chi connectivity index (χ0n) is 10.7. The lowest BCUT2D eigenvalue weighted by Crippen LogP contribution is -2.04. The molecular weight excluding hydrogens is 238 g/mol. The summed E-state index contributed by atoms with van der Waals surface area (Å²) in [4.78, 5) is 0. The van der Waals surface area contributed by atoms with E-state index in [2.05, 4.69) is 10.3 Å². The number of hydrogen-bond acceptors (Lipinski definition) is 3. The van der Waals surface area contributed by atoms with Crippen molar-refractivity contribution in [3.05, 3.63) is 48.3 Å². The fourth-order valence-electron chi connectivity index (χ4n) is 2.50. The average molecular weight is 255 g/mol. The predicted molar refractivity (Wildman–Crippen MR) is 73.8 cm³/mol. The minimum Gasteiger partial charge on any atom is -0.389 e. The first-order valence-electron chi connectivity index (χ1n) is 6.70. The smallest absolute Gasteiger partial charge is 0.0901 e. The van der Waals surface area contributed by atoms with E-state index in [1.54, 1.807) is 6.20 Å². The van der Waals surface area contributed by atoms with Crippen molar-refractivity contribution >= 4 is 5.57 Å². The highest BCUT2D eigenvalue weighted by atomic mass is 16.3. The Kier molecular flexibility index (Phi) is 3.42. The van der Waals surface area contributed by atoms with Gasteiger partial charge in [-0.25, -0.2) is 4.68 Å². The summed E-state index contributed by atoms with van der Waals surface area (Å²) in [5.74, 6) is 0. The van der Waals surface area contributed by atoms with Gasteiger partial charge >= 0.3 is 0 Å². The van der Waals surface area contributed by atoms with E-state index in [9.17, 15) is 5.11 Å². The molecule has 98 valence electrons. The number of aliphatic hydroxyl groups excluding tert-OH is 1. The molecule has 0 aliphatic heterocycles. The fourth-order valence-corrected chi connectivity index (χ4v) is 2.50. The first kappa shape index (κ1) is 12.1. The van der Waals surface area contributed by atoms with E-state index in [0.29, 0.717) is 0 Å². The van der Waals surface area contributed by atoms with Gasteiger partial charge in [0.2, 0.25) is 0 Å². The van der Waals surface area contributed by atoms with Crippen LogP contribution in [0.1, 0.15) is 31.4 Å². The summed E-state index contributed by atoms with van der Waals surface area (Å²) in [6, 6.07) is 9.96. The third-order valence-corrected chi connectivity index (χ3v) is 3.47. The Labute approximate surface area is 112 Å². The molecule has 1 N–H and O–H groups in total. The third-order valence-electron chi connectivity index (χ3n) is 3.47. The van der Waals surface area contributed by atoms with Crippen molar-refractivity contribution in [2.45, 2.75) is 31.8 Å². The lowest BCUT2D eigenvalue weighted by atomic mass is 10.1. The molecule has 3 rings (SSSR count). The van der Waals surface area contributed by atoms with Crippen molar-refractivity contribution in [1.29, 1.82) is 0 Å². The molecule has 1 unspecified atom stereocenters. The van der Waals surface area contributed by atoms with Crippen LogP contribution in [-0.4, -0.2) is 26.2 Å². The van der Waals surface area contributed by atoms with E-state index >= 15 is 0 Å². The van der Waals surface area contributed by atoms with Gasteiger partial charge in [0.15, 0.2) is 0 Å². The lowest BCUT2D eigenvalue weighted by molar-refractivity contribution is 0.211. The zero-order valence-corrected chi connectivity index (χ0v) is 10.7. The topological polar surface area (TPSA) is 50.9 Å². The minimum atomic E-state index is -0.350. The van der Waals surface area contributed by atoms with E-state index in [1.807, 2.05) is 41.1 Å². The summed E-state index contributed by atoms with van der Waals surface area (Å²) < 4.78 is 1.84. The molecule has 19 heavy (non-hydrogen) atoms. The van der Waals surface area contributed by atoms with Crippen LogP contribution in [0.3, 0.4) is 0 Å². The van der Waals surface area contributed by atoms with Crippen molar-refractivity contribution in [2.75, 3.05) is 0 Å². The molecule has 0 bridgehead atoms. The fraction of sp³-hybridized carbons (Fsp3) is 0.333. The Morgan fingerprint density at radius 2 is 2.00 bits per heavy atom. The maximum atomic E-state index is 9.89. The van der Waals surface area contributed by atoms with Gasteiger partial charge in [-0.1, -0.05) is 35.9 Å². The normalized spacial score (nSPS) is 19.8. The van der Waals surface area contributed by atoms with Gasteiger partial charge in [0.25, 0.3) is 0 Å². The van der Waals surface area contributed by atoms with Crippen LogP contribution in [0.15, 0.2) is 42.6 Å². The second kappa shape index (κ2) is 5.36. The summed E-state index contributed by atoms with van der Waals surface area (Å²) in [6.07, 6.45) is 7.35. The Morgan fingerprint density at radius 3 is 2.84 bits per heavy atom. The van der Waals surface area contributed by atoms with Crippen molar-refractivity contribution in [3.63, 3.8) is 0 Å². The number of allylic oxidation sites excluding steroid dienone is 1. The van der Waals surface area contributed by atoms with Gasteiger partial charge in [-0.3, -0.25) is 0 Å². The number of hydrogen-bond donors (Lipinski definition) is 1. The number of rotatable bonds is 2. The van der Waals surface area contributed by atoms with Crippen LogP contribution in [0.2, 0.25) is 0 Å². The minimum absolute atomic E-state index is 0.350. The first-order valence-corrected chi connectivity index (χ1v) is 6.70. The summed E-state index contributed by atoms with van der Waals surface area (Å²) in [5.41, 5.74) is 3.11. The molecule has 1 atom stereocenters. The molecule has 4 heteroatoms. The SMILES string of the molecule is OC1C=C(c2cnnn2-c2ccccc2)CCCC1. The van der Waals surface area contributed by atoms with Gasteiger partial charge in [0.1, 0.15) is 0 Å². The summed E-state index contributed by atoms with van der Waals surface area (Å²) in [5, 5.41) is 18.1. The second-order valence-electron chi connectivity index (χ2n) is 4.87. The zero-order chi connectivity index (χ0) is 13.1. The van der Waals surface area contributed by atoms with Crippen molar-refractivity contribution in [2.24, 2.45) is 0 Å². The second-order valence-corrected chi connectivity index (χ2v) is 4.87. The molecular formula is C15H17N3O. The molecule has 0 saturated carbocycles. The number of benzene rings is 1. The van der Waals surface area contributed by atoms with Gasteiger partial charge in [0, 0.05) is 0 Å². The molecule has 0 spiro atoms. The summed E-state index contributed by atoms with van der Waals surface area (Å²) in [6.45, 7) is 0. The molecule has 0 radical (unpaired) electrons. The van der Waals surface area contributed by atoms with Crippen molar-refractivity contribution < 1.29 is 5.11 Å². The van der Waals surface area contributed by atoms with E-state index in [-0.39, 0.29) is 6.10 Å². The molecule has 0 amide bonds. The largest absolute Gasteiger partial charge is 0.389 e. The number of nitrogens with zero attached hydrogens (tertiary/aromatic N) is 3. The molecule has 1 aliphatic carbocycles. The Bertz CT molecular complexity index is 574. The lowest BCUT2D eigenvalue weighted by Gasteiger charge is -2.09. The average Bonchev–Trinajstić information content (AvgIpc) is 2.83. The number of aliphatic hydroxyl groups is 1. The monoisotopic (exact) mass is 255 g/mol. The van der Waals surface area contributed by atoms with Crippen molar-refractivity contribution in [3.8, 4) is 5.69 Å². The highest BCUT2D eigenvalue weighted by molar-refractivity contribution is 5.64. The van der Waals surface area contributed by atoms with E-state index in [1.165, 1.54) is 0 Å². The van der Waals surface area contributed by atoms with Gasteiger partial charge in [-0.05, 0) is 37.0 Å². The van der Waals surface area contributed by atoms with Crippen LogP contribution in [0, 0.1) is 0 Å². The summed E-state index contributed by atoms with van der Waals surface area (Å²) >= 11 is 0. The Hall–Kier alpha value is -1.94. The van der Waals surface area contributed by atoms with Gasteiger partial charge < -0.3 is 5.11 Å². The molecule has 1 aromatic carbocycles. The number of para-hydroxylation sites is 1. The Balaban J connectivity index is 2.00. The van der Waals surface area contributed by atoms with Crippen LogP contribution >= 0.6 is 0 Å². The molecule has 0 fully saturated rings. The maximum absolute atomic E-state index is 9.89. The highest BCUT2D eigenvalue weighted by Gasteiger charge is 2.15. The van der Waals surface area contributed by atoms with Crippen LogP contribution < -0.4 is 0 Å². The van der Waals surface area contributed by atoms with Gasteiger partial charge in [-0.2, -0.15) is 0 Å². The Morgan fingerprint density at radius 1 is 1.16 bits per heavy atom. The molecule has 1 aliphatic rings. The standard InChI is InChI=1S/C15H17N3O/c19-14-9-5-4-6-12(10-14)15-11-16-17-18(15)13-7-2-1-3-8-13/h1-3,7-8,10-11,14,19H,4-6,9H2. The number of aromatic nitrogens is 3.